The minimum absolute atomic E-state index is 0.268. The highest BCUT2D eigenvalue weighted by atomic mass is 15.4. The zero-order valence-corrected chi connectivity index (χ0v) is 19.1. The summed E-state index contributed by atoms with van der Waals surface area (Å²) in [6, 6.07) is 13.9. The van der Waals surface area contributed by atoms with Crippen LogP contribution in [0.15, 0.2) is 48.8 Å². The van der Waals surface area contributed by atoms with Crippen LogP contribution in [0.25, 0.3) is 0 Å². The highest BCUT2D eigenvalue weighted by molar-refractivity contribution is 5.72. The van der Waals surface area contributed by atoms with E-state index in [-0.39, 0.29) is 6.17 Å². The second kappa shape index (κ2) is 7.55. The van der Waals surface area contributed by atoms with Crippen LogP contribution in [0, 0.1) is 0 Å². The summed E-state index contributed by atoms with van der Waals surface area (Å²) in [6.07, 6.45) is 6.04. The fourth-order valence-corrected chi connectivity index (χ4v) is 5.32. The van der Waals surface area contributed by atoms with Crippen LogP contribution in [-0.2, 0) is 0 Å². The summed E-state index contributed by atoms with van der Waals surface area (Å²) in [7, 11) is 0. The minimum atomic E-state index is 0.268. The van der Waals surface area contributed by atoms with Crippen LogP contribution in [0.2, 0.25) is 0 Å². The van der Waals surface area contributed by atoms with Gasteiger partial charge in [0.2, 0.25) is 0 Å². The molecule has 154 valence electrons. The summed E-state index contributed by atoms with van der Waals surface area (Å²) >= 11 is 0. The molecule has 0 N–H and O–H groups in total. The molecule has 2 unspecified atom stereocenters. The third-order valence-electron chi connectivity index (χ3n) is 6.92. The van der Waals surface area contributed by atoms with E-state index in [1.807, 2.05) is 0 Å². The maximum absolute atomic E-state index is 2.51. The van der Waals surface area contributed by atoms with Crippen molar-refractivity contribution < 1.29 is 0 Å². The molecule has 2 aliphatic heterocycles. The standard InChI is InChI=1S/C27H36N2/c1-17(2)22-10-8-12-24-19(5)16-20(6)25-13-9-11-23(18(3)4)27(25)29-15-14-28(21(29)7)26(22)24/h8-15,17-21H,16H2,1-7H3. The Morgan fingerprint density at radius 3 is 1.48 bits per heavy atom. The van der Waals surface area contributed by atoms with Crippen molar-refractivity contribution in [3.8, 4) is 0 Å². The van der Waals surface area contributed by atoms with Gasteiger partial charge in [0.15, 0.2) is 0 Å². The predicted octanol–water partition coefficient (Wildman–Crippen LogP) is 7.69. The maximum atomic E-state index is 2.51. The normalized spacial score (nSPS) is 23.6. The lowest BCUT2D eigenvalue weighted by Crippen LogP contribution is -2.38. The highest BCUT2D eigenvalue weighted by Crippen LogP contribution is 2.47. The van der Waals surface area contributed by atoms with E-state index in [4.69, 9.17) is 0 Å². The second-order valence-electron chi connectivity index (χ2n) is 9.66. The van der Waals surface area contributed by atoms with Crippen LogP contribution >= 0.6 is 0 Å². The number of nitrogens with zero attached hydrogens (tertiary/aromatic N) is 2. The van der Waals surface area contributed by atoms with E-state index in [0.717, 1.165) is 0 Å². The number of anilines is 2. The molecule has 0 amide bonds. The molecule has 2 heterocycles. The summed E-state index contributed by atoms with van der Waals surface area (Å²) < 4.78 is 0. The molecule has 2 bridgehead atoms. The molecule has 2 aromatic carbocycles. The fraction of sp³-hybridized carbons (Fsp3) is 0.481. The Kier molecular flexibility index (Phi) is 5.23. The quantitative estimate of drug-likeness (QED) is 0.520. The van der Waals surface area contributed by atoms with E-state index in [1.165, 1.54) is 40.0 Å². The Morgan fingerprint density at radius 1 is 0.690 bits per heavy atom. The van der Waals surface area contributed by atoms with Crippen molar-refractivity contribution in [3.63, 3.8) is 0 Å². The molecule has 29 heavy (non-hydrogen) atoms. The number of hydrogen-bond donors (Lipinski definition) is 0. The van der Waals surface area contributed by atoms with Crippen molar-refractivity contribution in [2.75, 3.05) is 9.80 Å². The van der Waals surface area contributed by atoms with E-state index >= 15 is 0 Å². The predicted molar refractivity (Wildman–Crippen MR) is 126 cm³/mol. The molecule has 0 aromatic heterocycles. The lowest BCUT2D eigenvalue weighted by molar-refractivity contribution is 0.581. The van der Waals surface area contributed by atoms with Crippen molar-refractivity contribution >= 4 is 11.4 Å². The van der Waals surface area contributed by atoms with Crippen LogP contribution in [0.3, 0.4) is 0 Å². The van der Waals surface area contributed by atoms with Gasteiger partial charge in [-0.05, 0) is 59.3 Å². The Hall–Kier alpha value is -2.22. The average molecular weight is 389 g/mol. The van der Waals surface area contributed by atoms with Gasteiger partial charge in [-0.2, -0.15) is 0 Å². The number of fused-ring (bicyclic) bond motifs is 6. The van der Waals surface area contributed by atoms with Gasteiger partial charge >= 0.3 is 0 Å². The van der Waals surface area contributed by atoms with Gasteiger partial charge in [-0.25, -0.2) is 0 Å². The number of benzene rings is 2. The molecule has 2 aromatic rings. The monoisotopic (exact) mass is 388 g/mol. The van der Waals surface area contributed by atoms with Gasteiger partial charge in [-0.1, -0.05) is 77.9 Å². The van der Waals surface area contributed by atoms with E-state index in [1.54, 1.807) is 0 Å². The number of rotatable bonds is 2. The van der Waals surface area contributed by atoms with E-state index in [2.05, 4.69) is 107 Å². The van der Waals surface area contributed by atoms with Crippen LogP contribution < -0.4 is 9.80 Å². The van der Waals surface area contributed by atoms with E-state index < -0.39 is 0 Å². The van der Waals surface area contributed by atoms with Gasteiger partial charge in [0.25, 0.3) is 0 Å². The molecule has 0 aliphatic carbocycles. The molecule has 0 radical (unpaired) electrons. The first kappa shape index (κ1) is 20.1. The molecular weight excluding hydrogens is 352 g/mol. The topological polar surface area (TPSA) is 6.48 Å². The summed E-state index contributed by atoms with van der Waals surface area (Å²) in [4.78, 5) is 5.02. The molecular formula is C27H36N2. The SMILES string of the molecule is CC(C)c1cccc2c1N1C=CN(c3c(C(C)C)cccc3C(C)CC2C)C1C. The third-order valence-corrected chi connectivity index (χ3v) is 6.92. The largest absolute Gasteiger partial charge is 0.325 e. The molecule has 0 fully saturated rings. The van der Waals surface area contributed by atoms with Gasteiger partial charge in [-0.15, -0.1) is 0 Å². The molecule has 2 nitrogen and oxygen atoms in total. The zero-order chi connectivity index (χ0) is 20.9. The number of hydrogen-bond acceptors (Lipinski definition) is 2. The van der Waals surface area contributed by atoms with Crippen LogP contribution in [0.5, 0.6) is 0 Å². The first-order valence-electron chi connectivity index (χ1n) is 11.3. The first-order valence-corrected chi connectivity index (χ1v) is 11.3. The Morgan fingerprint density at radius 2 is 1.10 bits per heavy atom. The molecule has 0 saturated heterocycles. The number of para-hydroxylation sites is 2. The average Bonchev–Trinajstić information content (AvgIpc) is 3.06. The van der Waals surface area contributed by atoms with E-state index in [0.29, 0.717) is 23.7 Å². The molecule has 2 heteroatoms. The van der Waals surface area contributed by atoms with Crippen molar-refractivity contribution in [1.82, 2.24) is 0 Å². The van der Waals surface area contributed by atoms with Gasteiger partial charge in [-0.3, -0.25) is 0 Å². The first-order chi connectivity index (χ1) is 13.8. The lowest BCUT2D eigenvalue weighted by atomic mass is 9.82. The summed E-state index contributed by atoms with van der Waals surface area (Å²) in [5, 5.41) is 0. The van der Waals surface area contributed by atoms with Crippen LogP contribution in [0.1, 0.15) is 101 Å². The third kappa shape index (κ3) is 3.27. The lowest BCUT2D eigenvalue weighted by Gasteiger charge is -2.38. The molecule has 0 spiro atoms. The Balaban J connectivity index is 1.96. The van der Waals surface area contributed by atoms with Crippen LogP contribution in [-0.4, -0.2) is 6.17 Å². The van der Waals surface area contributed by atoms with E-state index in [9.17, 15) is 0 Å². The summed E-state index contributed by atoms with van der Waals surface area (Å²) in [6.45, 7) is 16.4. The molecule has 4 rings (SSSR count). The van der Waals surface area contributed by atoms with Gasteiger partial charge < -0.3 is 9.80 Å². The van der Waals surface area contributed by atoms with Crippen molar-refractivity contribution in [1.29, 1.82) is 0 Å². The fourth-order valence-electron chi connectivity index (χ4n) is 5.32. The minimum Gasteiger partial charge on any atom is -0.325 e. The highest BCUT2D eigenvalue weighted by Gasteiger charge is 2.34. The Labute approximate surface area is 177 Å². The van der Waals surface area contributed by atoms with Crippen molar-refractivity contribution in [3.05, 3.63) is 71.1 Å². The molecule has 2 aliphatic rings. The van der Waals surface area contributed by atoms with Gasteiger partial charge in [0.05, 0.1) is 0 Å². The second-order valence-corrected chi connectivity index (χ2v) is 9.66. The smallest absolute Gasteiger partial charge is 0.107 e. The van der Waals surface area contributed by atoms with Gasteiger partial charge in [0, 0.05) is 23.8 Å². The van der Waals surface area contributed by atoms with Crippen molar-refractivity contribution in [2.24, 2.45) is 0 Å². The van der Waals surface area contributed by atoms with Crippen LogP contribution in [0.4, 0.5) is 11.4 Å². The maximum Gasteiger partial charge on any atom is 0.107 e. The molecule has 0 saturated carbocycles. The summed E-state index contributed by atoms with van der Waals surface area (Å²) in [5.74, 6) is 2.04. The summed E-state index contributed by atoms with van der Waals surface area (Å²) in [5.41, 5.74) is 8.75. The van der Waals surface area contributed by atoms with Gasteiger partial charge in [0.1, 0.15) is 6.17 Å². The Bertz CT molecular complexity index is 851. The van der Waals surface area contributed by atoms with Crippen molar-refractivity contribution in [2.45, 2.75) is 84.7 Å². The molecule has 2 atom stereocenters. The zero-order valence-electron chi connectivity index (χ0n) is 19.1.